The molecule has 1 fully saturated rings. The summed E-state index contributed by atoms with van der Waals surface area (Å²) >= 11 is 11.7. The molecule has 1 aromatic rings. The Morgan fingerprint density at radius 3 is 2.50 bits per heavy atom. The van der Waals surface area contributed by atoms with E-state index in [1.54, 1.807) is 17.0 Å². The van der Waals surface area contributed by atoms with Gasteiger partial charge in [-0.3, -0.25) is 9.59 Å². The van der Waals surface area contributed by atoms with Crippen LogP contribution in [0.3, 0.4) is 0 Å². The summed E-state index contributed by atoms with van der Waals surface area (Å²) in [7, 11) is 0. The number of carbonyl (C=O) groups is 2. The van der Waals surface area contributed by atoms with E-state index in [1.165, 1.54) is 4.90 Å². The Bertz CT molecular complexity index is 548. The standard InChI is InChI=1S/C13H15Cl2N3O2/c1-8(2)18-6-5-17(12(19)13(18)20)7-9-3-4-10(14)16-11(9)15/h3-4,8H,5-7H2,1-2H3. The molecule has 108 valence electrons. The molecule has 1 aromatic heterocycles. The van der Waals surface area contributed by atoms with Crippen molar-refractivity contribution in [2.45, 2.75) is 26.4 Å². The van der Waals surface area contributed by atoms with Gasteiger partial charge in [0.2, 0.25) is 0 Å². The Balaban J connectivity index is 2.11. The lowest BCUT2D eigenvalue weighted by Gasteiger charge is -2.36. The highest BCUT2D eigenvalue weighted by Crippen LogP contribution is 2.20. The molecule has 1 saturated heterocycles. The van der Waals surface area contributed by atoms with Gasteiger partial charge in [0.25, 0.3) is 0 Å². The van der Waals surface area contributed by atoms with E-state index < -0.39 is 11.8 Å². The number of piperazine rings is 1. The van der Waals surface area contributed by atoms with Gasteiger partial charge in [-0.25, -0.2) is 4.98 Å². The number of rotatable bonds is 3. The number of carbonyl (C=O) groups excluding carboxylic acids is 2. The molecule has 1 aliphatic rings. The molecular formula is C13H15Cl2N3O2. The summed E-state index contributed by atoms with van der Waals surface area (Å²) < 4.78 is 0. The largest absolute Gasteiger partial charge is 0.330 e. The van der Waals surface area contributed by atoms with Crippen molar-refractivity contribution in [2.24, 2.45) is 0 Å². The molecule has 0 aromatic carbocycles. The van der Waals surface area contributed by atoms with Crippen molar-refractivity contribution in [3.8, 4) is 0 Å². The van der Waals surface area contributed by atoms with Gasteiger partial charge in [0.1, 0.15) is 10.3 Å². The maximum Gasteiger partial charge on any atom is 0.312 e. The molecule has 7 heteroatoms. The van der Waals surface area contributed by atoms with Crippen molar-refractivity contribution in [3.63, 3.8) is 0 Å². The van der Waals surface area contributed by atoms with Gasteiger partial charge in [0.15, 0.2) is 0 Å². The van der Waals surface area contributed by atoms with E-state index in [9.17, 15) is 9.59 Å². The third kappa shape index (κ3) is 3.04. The number of pyridine rings is 1. The zero-order chi connectivity index (χ0) is 14.9. The fraction of sp³-hybridized carbons (Fsp3) is 0.462. The Kier molecular flexibility index (Phi) is 4.50. The number of hydrogen-bond acceptors (Lipinski definition) is 3. The molecule has 0 saturated carbocycles. The summed E-state index contributed by atoms with van der Waals surface area (Å²) in [5, 5.41) is 0.551. The first-order valence-corrected chi connectivity index (χ1v) is 7.06. The second kappa shape index (κ2) is 5.97. The zero-order valence-corrected chi connectivity index (χ0v) is 12.8. The summed E-state index contributed by atoms with van der Waals surface area (Å²) in [6.07, 6.45) is 0. The van der Waals surface area contributed by atoms with E-state index in [4.69, 9.17) is 23.2 Å². The summed E-state index contributed by atoms with van der Waals surface area (Å²) in [4.78, 5) is 31.0. The normalized spacial score (nSPS) is 16.2. The number of nitrogens with zero attached hydrogens (tertiary/aromatic N) is 3. The van der Waals surface area contributed by atoms with Gasteiger partial charge in [0, 0.05) is 31.2 Å². The third-order valence-electron chi connectivity index (χ3n) is 3.22. The Labute approximate surface area is 127 Å². The predicted molar refractivity (Wildman–Crippen MR) is 76.5 cm³/mol. The van der Waals surface area contributed by atoms with Crippen LogP contribution in [0.2, 0.25) is 10.3 Å². The molecule has 0 bridgehead atoms. The van der Waals surface area contributed by atoms with Gasteiger partial charge in [-0.1, -0.05) is 29.3 Å². The molecule has 20 heavy (non-hydrogen) atoms. The number of halogens is 2. The van der Waals surface area contributed by atoms with Gasteiger partial charge >= 0.3 is 11.8 Å². The van der Waals surface area contributed by atoms with Crippen LogP contribution in [0, 0.1) is 0 Å². The first kappa shape index (κ1) is 15.1. The quantitative estimate of drug-likeness (QED) is 0.633. The van der Waals surface area contributed by atoms with Gasteiger partial charge in [-0.2, -0.15) is 0 Å². The van der Waals surface area contributed by atoms with E-state index in [-0.39, 0.29) is 17.7 Å². The average molecular weight is 316 g/mol. The molecule has 2 heterocycles. The molecule has 1 aliphatic heterocycles. The van der Waals surface area contributed by atoms with E-state index in [1.807, 2.05) is 13.8 Å². The lowest BCUT2D eigenvalue weighted by Crippen LogP contribution is -2.55. The smallest absolute Gasteiger partial charge is 0.312 e. The molecule has 0 N–H and O–H groups in total. The third-order valence-corrected chi connectivity index (χ3v) is 3.76. The topological polar surface area (TPSA) is 53.5 Å². The highest BCUT2D eigenvalue weighted by molar-refractivity contribution is 6.35. The monoisotopic (exact) mass is 315 g/mol. The second-order valence-corrected chi connectivity index (χ2v) is 5.65. The Morgan fingerprint density at radius 1 is 1.20 bits per heavy atom. The maximum absolute atomic E-state index is 12.1. The Hall–Kier alpha value is -1.33. The highest BCUT2D eigenvalue weighted by Gasteiger charge is 2.33. The van der Waals surface area contributed by atoms with Gasteiger partial charge in [-0.15, -0.1) is 0 Å². The van der Waals surface area contributed by atoms with Crippen LogP contribution in [-0.4, -0.2) is 45.7 Å². The first-order valence-electron chi connectivity index (χ1n) is 6.31. The molecule has 5 nitrogen and oxygen atoms in total. The van der Waals surface area contributed by atoms with Crippen molar-refractivity contribution in [1.29, 1.82) is 0 Å². The predicted octanol–water partition coefficient (Wildman–Crippen LogP) is 1.97. The van der Waals surface area contributed by atoms with Gasteiger partial charge in [-0.05, 0) is 19.9 Å². The lowest BCUT2D eigenvalue weighted by molar-refractivity contribution is -0.157. The summed E-state index contributed by atoms with van der Waals surface area (Å²) in [6.45, 7) is 5.06. The van der Waals surface area contributed by atoms with Crippen LogP contribution in [-0.2, 0) is 16.1 Å². The van der Waals surface area contributed by atoms with Crippen LogP contribution in [0.5, 0.6) is 0 Å². The van der Waals surface area contributed by atoms with Crippen LogP contribution in [0.25, 0.3) is 0 Å². The maximum atomic E-state index is 12.1. The van der Waals surface area contributed by atoms with Gasteiger partial charge in [0.05, 0.1) is 0 Å². The fourth-order valence-electron chi connectivity index (χ4n) is 2.10. The van der Waals surface area contributed by atoms with Crippen molar-refractivity contribution < 1.29 is 9.59 Å². The van der Waals surface area contributed by atoms with E-state index >= 15 is 0 Å². The minimum atomic E-state index is -0.504. The molecule has 0 spiro atoms. The number of aromatic nitrogens is 1. The zero-order valence-electron chi connectivity index (χ0n) is 11.3. The van der Waals surface area contributed by atoms with Crippen molar-refractivity contribution in [2.75, 3.05) is 13.1 Å². The fourth-order valence-corrected chi connectivity index (χ4v) is 2.50. The van der Waals surface area contributed by atoms with Crippen LogP contribution in [0.1, 0.15) is 19.4 Å². The first-order chi connectivity index (χ1) is 9.40. The summed E-state index contributed by atoms with van der Waals surface area (Å²) in [5.41, 5.74) is 0.676. The molecule has 0 atom stereocenters. The van der Waals surface area contributed by atoms with Crippen LogP contribution < -0.4 is 0 Å². The molecule has 0 aliphatic carbocycles. The number of amides is 2. The second-order valence-electron chi connectivity index (χ2n) is 4.90. The lowest BCUT2D eigenvalue weighted by atomic mass is 10.2. The van der Waals surface area contributed by atoms with Crippen LogP contribution >= 0.6 is 23.2 Å². The van der Waals surface area contributed by atoms with Gasteiger partial charge < -0.3 is 9.80 Å². The van der Waals surface area contributed by atoms with Crippen molar-refractivity contribution >= 4 is 35.0 Å². The molecule has 0 radical (unpaired) electrons. The van der Waals surface area contributed by atoms with E-state index in [0.29, 0.717) is 23.8 Å². The van der Waals surface area contributed by atoms with Crippen LogP contribution in [0.4, 0.5) is 0 Å². The SMILES string of the molecule is CC(C)N1CCN(Cc2ccc(Cl)nc2Cl)C(=O)C1=O. The number of hydrogen-bond donors (Lipinski definition) is 0. The van der Waals surface area contributed by atoms with Crippen molar-refractivity contribution in [3.05, 3.63) is 28.0 Å². The summed E-state index contributed by atoms with van der Waals surface area (Å²) in [6, 6.07) is 3.35. The highest BCUT2D eigenvalue weighted by atomic mass is 35.5. The van der Waals surface area contributed by atoms with E-state index in [2.05, 4.69) is 4.98 Å². The van der Waals surface area contributed by atoms with E-state index in [0.717, 1.165) is 0 Å². The average Bonchev–Trinajstić information content (AvgIpc) is 2.37. The Morgan fingerprint density at radius 2 is 1.90 bits per heavy atom. The summed E-state index contributed by atoms with van der Waals surface area (Å²) in [5.74, 6) is -0.972. The molecule has 0 unspecified atom stereocenters. The minimum absolute atomic E-state index is 0.0226. The molecule has 2 rings (SSSR count). The molecular weight excluding hydrogens is 301 g/mol. The van der Waals surface area contributed by atoms with Crippen LogP contribution in [0.15, 0.2) is 12.1 Å². The minimum Gasteiger partial charge on any atom is -0.330 e. The van der Waals surface area contributed by atoms with Crippen molar-refractivity contribution in [1.82, 2.24) is 14.8 Å². The molecule has 2 amide bonds.